The molecule has 1 unspecified atom stereocenters. The molecule has 316 valence electrons. The van der Waals surface area contributed by atoms with E-state index in [-0.39, 0.29) is 28.8 Å². The average molecular weight is 835 g/mol. The number of aromatic nitrogens is 3. The number of anilines is 1. The van der Waals surface area contributed by atoms with E-state index in [9.17, 15) is 43.9 Å². The topological polar surface area (TPSA) is 86.6 Å². The lowest BCUT2D eigenvalue weighted by molar-refractivity contribution is -0.447. The summed E-state index contributed by atoms with van der Waals surface area (Å²) in [6.07, 6.45) is -7.60. The van der Waals surface area contributed by atoms with Gasteiger partial charge in [0, 0.05) is 42.7 Å². The lowest BCUT2D eigenvalue weighted by atomic mass is 9.95. The van der Waals surface area contributed by atoms with Crippen LogP contribution in [0.1, 0.15) is 57.2 Å². The van der Waals surface area contributed by atoms with Crippen molar-refractivity contribution in [2.45, 2.75) is 88.6 Å². The van der Waals surface area contributed by atoms with Gasteiger partial charge in [-0.2, -0.15) is 49.5 Å². The van der Waals surface area contributed by atoms with Gasteiger partial charge in [0.2, 0.25) is 0 Å². The van der Waals surface area contributed by atoms with Gasteiger partial charge in [-0.05, 0) is 63.1 Å². The van der Waals surface area contributed by atoms with Gasteiger partial charge >= 0.3 is 30.1 Å². The van der Waals surface area contributed by atoms with Crippen LogP contribution in [0.5, 0.6) is 6.01 Å². The van der Waals surface area contributed by atoms with Crippen molar-refractivity contribution in [2.75, 3.05) is 44.7 Å². The van der Waals surface area contributed by atoms with Crippen LogP contribution in [0.25, 0.3) is 32.9 Å². The number of piperazine rings is 1. The minimum absolute atomic E-state index is 0.0874. The van der Waals surface area contributed by atoms with E-state index in [1.807, 2.05) is 19.9 Å². The minimum Gasteiger partial charge on any atom is -0.467 e. The molecular weight excluding hydrogens is 793 g/mol. The number of terminal acetylenes is 1. The van der Waals surface area contributed by atoms with Crippen LogP contribution in [-0.4, -0.2) is 101 Å². The van der Waals surface area contributed by atoms with Crippen molar-refractivity contribution in [2.24, 2.45) is 0 Å². The van der Waals surface area contributed by atoms with E-state index in [0.29, 0.717) is 39.7 Å². The Morgan fingerprint density at radius 1 is 0.828 bits per heavy atom. The van der Waals surface area contributed by atoms with Gasteiger partial charge in [0.15, 0.2) is 5.82 Å². The van der Waals surface area contributed by atoms with Crippen molar-refractivity contribution in [3.63, 3.8) is 0 Å². The van der Waals surface area contributed by atoms with Crippen molar-refractivity contribution in [3.05, 3.63) is 53.2 Å². The molecule has 0 saturated carbocycles. The van der Waals surface area contributed by atoms with E-state index in [4.69, 9.17) is 21.3 Å². The molecule has 0 aliphatic carbocycles. The summed E-state index contributed by atoms with van der Waals surface area (Å²) >= 11 is 0. The van der Waals surface area contributed by atoms with E-state index >= 15 is 4.39 Å². The number of aliphatic hydroxyl groups is 1. The fourth-order valence-corrected chi connectivity index (χ4v) is 7.69. The highest BCUT2D eigenvalue weighted by atomic mass is 19.4. The molecule has 1 atom stereocenters. The first-order valence-corrected chi connectivity index (χ1v) is 18.6. The first-order valence-electron chi connectivity index (χ1n) is 18.6. The lowest BCUT2D eigenvalue weighted by Crippen LogP contribution is -2.66. The summed E-state index contributed by atoms with van der Waals surface area (Å²) in [5.41, 5.74) is -5.20. The SMILES string of the molecule is C#Cc1c(F)ccc2cccc(-c3nc4c5c(nc(OC)nc5c3F)N3CCNCC3CC4)c12.C1CC2CCCN2C1.CC.OC(C(F)(F)F)(C(F)(F)F)C(F)(F)F. The Labute approximate surface area is 326 Å². The van der Waals surface area contributed by atoms with Gasteiger partial charge in [-0.15, -0.1) is 6.42 Å². The quantitative estimate of drug-likeness (QED) is 0.154. The highest BCUT2D eigenvalue weighted by Gasteiger charge is 2.83. The molecule has 3 saturated heterocycles. The van der Waals surface area contributed by atoms with Crippen LogP contribution < -0.4 is 15.0 Å². The maximum absolute atomic E-state index is 16.2. The maximum Gasteiger partial charge on any atom is 0.435 e. The number of rotatable bonds is 2. The second kappa shape index (κ2) is 17.4. The Morgan fingerprint density at radius 2 is 1.47 bits per heavy atom. The van der Waals surface area contributed by atoms with Crippen molar-refractivity contribution < 1.29 is 58.1 Å². The van der Waals surface area contributed by atoms with E-state index in [1.54, 1.807) is 18.2 Å². The number of alkyl halides is 9. The van der Waals surface area contributed by atoms with Crippen LogP contribution in [0, 0.1) is 24.0 Å². The van der Waals surface area contributed by atoms with Gasteiger partial charge in [-0.3, -0.25) is 0 Å². The Balaban J connectivity index is 0.000000219. The standard InChI is InChI=1S/C26H21F2N5O.C7H13N.C4HF9O.C2H6/c1-3-16-18(27)9-7-14-5-4-6-17(20(14)16)23-22(28)24-21-19(30-23)10-8-15-13-29-11-12-33(15)25(21)32-26(31-24)34-2;1-3-7-4-2-6-8(7)5-1;5-2(6,7)1(14,3(8,9)10)4(11,12)13;1-2/h1,4-7,9,15,29H,8,10-13H2,2H3;7H,1-6H2;14H;1-2H3. The van der Waals surface area contributed by atoms with Crippen molar-refractivity contribution in [1.29, 1.82) is 0 Å². The number of methoxy groups -OCH3 is 1. The molecule has 4 aromatic rings. The number of aryl methyl sites for hydroxylation is 1. The van der Waals surface area contributed by atoms with Gasteiger partial charge in [-0.25, -0.2) is 13.8 Å². The van der Waals surface area contributed by atoms with E-state index < -0.39 is 35.8 Å². The summed E-state index contributed by atoms with van der Waals surface area (Å²) in [5.74, 6) is 1.94. The zero-order chi connectivity index (χ0) is 42.8. The van der Waals surface area contributed by atoms with E-state index in [0.717, 1.165) is 32.1 Å². The maximum atomic E-state index is 16.2. The number of nitrogens with zero attached hydrogens (tertiary/aromatic N) is 5. The van der Waals surface area contributed by atoms with Crippen LogP contribution in [-0.2, 0) is 6.42 Å². The molecule has 2 aromatic carbocycles. The number of benzene rings is 2. The molecule has 0 amide bonds. The molecule has 0 bridgehead atoms. The fourth-order valence-electron chi connectivity index (χ4n) is 7.69. The van der Waals surface area contributed by atoms with Crippen LogP contribution in [0.4, 0.5) is 54.1 Å². The van der Waals surface area contributed by atoms with Crippen LogP contribution in [0.3, 0.4) is 0 Å². The number of halogens is 11. The Hall–Kier alpha value is -4.54. The third kappa shape index (κ3) is 8.32. The molecule has 0 radical (unpaired) electrons. The second-order valence-electron chi connectivity index (χ2n) is 13.7. The average Bonchev–Trinajstić information content (AvgIpc) is 3.80. The zero-order valence-electron chi connectivity index (χ0n) is 31.6. The Kier molecular flexibility index (Phi) is 13.3. The third-order valence-electron chi connectivity index (χ3n) is 10.4. The first-order chi connectivity index (χ1) is 27.3. The number of hydrogen-bond acceptors (Lipinski definition) is 8. The lowest BCUT2D eigenvalue weighted by Gasteiger charge is -2.36. The summed E-state index contributed by atoms with van der Waals surface area (Å²) in [4.78, 5) is 18.6. The van der Waals surface area contributed by atoms with Gasteiger partial charge < -0.3 is 25.0 Å². The van der Waals surface area contributed by atoms with Crippen LogP contribution in [0.2, 0.25) is 0 Å². The van der Waals surface area contributed by atoms with Crippen molar-refractivity contribution in [3.8, 4) is 29.6 Å². The van der Waals surface area contributed by atoms with Crippen LogP contribution >= 0.6 is 0 Å². The monoisotopic (exact) mass is 834 g/mol. The van der Waals surface area contributed by atoms with E-state index in [2.05, 4.69) is 31.0 Å². The van der Waals surface area contributed by atoms with Gasteiger partial charge in [0.05, 0.1) is 23.8 Å². The highest BCUT2D eigenvalue weighted by Crippen LogP contribution is 2.52. The molecular formula is C39H41F11N6O2. The van der Waals surface area contributed by atoms with Gasteiger partial charge in [0.1, 0.15) is 22.8 Å². The molecule has 4 aliphatic rings. The Morgan fingerprint density at radius 3 is 2.02 bits per heavy atom. The molecule has 0 spiro atoms. The first kappa shape index (κ1) is 44.6. The molecule has 4 aliphatic heterocycles. The molecule has 8 nitrogen and oxygen atoms in total. The molecule has 19 heteroatoms. The van der Waals surface area contributed by atoms with Gasteiger partial charge in [-0.1, -0.05) is 44.0 Å². The molecule has 2 aromatic heterocycles. The summed E-state index contributed by atoms with van der Waals surface area (Å²) in [6, 6.07) is 9.60. The number of hydrogen-bond donors (Lipinski definition) is 2. The predicted octanol–water partition coefficient (Wildman–Crippen LogP) is 8.51. The highest BCUT2D eigenvalue weighted by molar-refractivity contribution is 6.02. The van der Waals surface area contributed by atoms with Crippen molar-refractivity contribution >= 4 is 27.5 Å². The molecule has 58 heavy (non-hydrogen) atoms. The molecule has 8 rings (SSSR count). The number of fused-ring (bicyclic) bond motifs is 4. The van der Waals surface area contributed by atoms with Crippen molar-refractivity contribution in [1.82, 2.24) is 25.2 Å². The molecule has 2 N–H and O–H groups in total. The van der Waals surface area contributed by atoms with E-state index in [1.165, 1.54) is 51.9 Å². The summed E-state index contributed by atoms with van der Waals surface area (Å²) < 4.78 is 139. The summed E-state index contributed by atoms with van der Waals surface area (Å²) in [5, 5.41) is 12.8. The minimum atomic E-state index is -6.87. The summed E-state index contributed by atoms with van der Waals surface area (Å²) in [6.45, 7) is 9.15. The summed E-state index contributed by atoms with van der Waals surface area (Å²) in [7, 11) is 1.47. The molecule has 3 fully saturated rings. The normalized spacial score (nSPS) is 18.4. The number of nitrogens with one attached hydrogen (secondary N) is 1. The third-order valence-corrected chi connectivity index (χ3v) is 10.4. The zero-order valence-corrected chi connectivity index (χ0v) is 31.6. The second-order valence-corrected chi connectivity index (χ2v) is 13.7. The number of pyridine rings is 1. The smallest absolute Gasteiger partial charge is 0.435 e. The van der Waals surface area contributed by atoms with Crippen LogP contribution in [0.15, 0.2) is 30.3 Å². The predicted molar refractivity (Wildman–Crippen MR) is 195 cm³/mol. The largest absolute Gasteiger partial charge is 0.467 e. The molecule has 6 heterocycles. The Bertz CT molecular complexity index is 2080. The number of ether oxygens (including phenoxy) is 1. The fraction of sp³-hybridized carbons (Fsp3) is 0.513. The van der Waals surface area contributed by atoms with Gasteiger partial charge in [0.25, 0.3) is 0 Å².